The summed E-state index contributed by atoms with van der Waals surface area (Å²) in [6.45, 7) is 0. The first-order valence-corrected chi connectivity index (χ1v) is 5.22. The highest BCUT2D eigenvalue weighted by Crippen LogP contribution is 2.41. The molecule has 0 fully saturated rings. The molecule has 15 heavy (non-hydrogen) atoms. The molecule has 2 unspecified atom stereocenters. The number of hydrogen-bond donors (Lipinski definition) is 2. The normalized spacial score (nSPS) is 31.9. The second-order valence-corrected chi connectivity index (χ2v) is 4.66. The molecule has 0 aromatic rings. The van der Waals surface area contributed by atoms with Crippen LogP contribution < -0.4 is 5.73 Å². The summed E-state index contributed by atoms with van der Waals surface area (Å²) >= 11 is 0. The summed E-state index contributed by atoms with van der Waals surface area (Å²) in [4.78, 5) is 0. The van der Waals surface area contributed by atoms with E-state index < -0.39 is 27.1 Å². The van der Waals surface area contributed by atoms with Crippen molar-refractivity contribution in [3.63, 3.8) is 0 Å². The lowest BCUT2D eigenvalue weighted by Crippen LogP contribution is -2.61. The Morgan fingerprint density at radius 2 is 1.87 bits per heavy atom. The van der Waals surface area contributed by atoms with E-state index in [9.17, 15) is 21.6 Å². The van der Waals surface area contributed by atoms with Gasteiger partial charge in [0.25, 0.3) is 10.1 Å². The van der Waals surface area contributed by atoms with Gasteiger partial charge >= 0.3 is 6.18 Å². The molecule has 4 nitrogen and oxygen atoms in total. The molecule has 0 aromatic heterocycles. The summed E-state index contributed by atoms with van der Waals surface area (Å²) in [5.74, 6) is 0. The van der Waals surface area contributed by atoms with Crippen molar-refractivity contribution in [1.82, 2.24) is 0 Å². The fraction of sp³-hybridized carbons (Fsp3) is 0.429. The fourth-order valence-corrected chi connectivity index (χ4v) is 2.29. The second kappa shape index (κ2) is 3.32. The molecule has 0 spiro atoms. The van der Waals surface area contributed by atoms with Gasteiger partial charge in [-0.05, 0) is 6.08 Å². The van der Waals surface area contributed by atoms with Crippen LogP contribution in [0.2, 0.25) is 0 Å². The molecule has 1 aliphatic rings. The van der Waals surface area contributed by atoms with Crippen LogP contribution in [0, 0.1) is 0 Å². The van der Waals surface area contributed by atoms with Crippen LogP contribution in [0.15, 0.2) is 24.3 Å². The van der Waals surface area contributed by atoms with Gasteiger partial charge in [-0.1, -0.05) is 18.2 Å². The van der Waals surface area contributed by atoms with Gasteiger partial charge in [0.15, 0.2) is 0 Å². The third-order valence-corrected chi connectivity index (χ3v) is 3.63. The Kier molecular flexibility index (Phi) is 2.71. The summed E-state index contributed by atoms with van der Waals surface area (Å²) in [6.07, 6.45) is -1.92. The number of hydrogen-bond acceptors (Lipinski definition) is 3. The van der Waals surface area contributed by atoms with E-state index in [1.807, 2.05) is 0 Å². The van der Waals surface area contributed by atoms with Gasteiger partial charge in [0.1, 0.15) is 0 Å². The highest BCUT2D eigenvalue weighted by Gasteiger charge is 2.65. The van der Waals surface area contributed by atoms with E-state index in [1.165, 1.54) is 6.08 Å². The van der Waals surface area contributed by atoms with Crippen LogP contribution in [0.5, 0.6) is 0 Å². The van der Waals surface area contributed by atoms with Crippen LogP contribution in [0.3, 0.4) is 0 Å². The first-order chi connectivity index (χ1) is 6.63. The van der Waals surface area contributed by atoms with E-state index in [0.29, 0.717) is 6.08 Å². The highest BCUT2D eigenvalue weighted by molar-refractivity contribution is 7.87. The minimum Gasteiger partial charge on any atom is -0.322 e. The third kappa shape index (κ3) is 1.68. The Hall–Kier alpha value is -0.860. The lowest BCUT2D eigenvalue weighted by molar-refractivity contribution is -0.153. The molecule has 0 amide bonds. The maximum atomic E-state index is 12.6. The summed E-state index contributed by atoms with van der Waals surface area (Å²) in [6, 6.07) is -1.86. The molecular weight excluding hydrogens is 235 g/mol. The maximum absolute atomic E-state index is 12.6. The minimum atomic E-state index is -5.38. The molecular formula is C7H8F3NO3S. The topological polar surface area (TPSA) is 80.4 Å². The van der Waals surface area contributed by atoms with Crippen molar-refractivity contribution >= 4 is 10.1 Å². The van der Waals surface area contributed by atoms with Crippen molar-refractivity contribution in [3.8, 4) is 0 Å². The molecule has 0 aliphatic heterocycles. The van der Waals surface area contributed by atoms with Crippen molar-refractivity contribution in [2.24, 2.45) is 5.73 Å². The molecule has 0 radical (unpaired) electrons. The van der Waals surface area contributed by atoms with Gasteiger partial charge in [-0.2, -0.15) is 21.6 Å². The highest BCUT2D eigenvalue weighted by atomic mass is 32.2. The van der Waals surface area contributed by atoms with Gasteiger partial charge in [0.05, 0.1) is 6.04 Å². The Balaban J connectivity index is 3.46. The third-order valence-electron chi connectivity index (χ3n) is 2.14. The maximum Gasteiger partial charge on any atom is 0.415 e. The number of halogens is 3. The minimum absolute atomic E-state index is 0.340. The Labute approximate surface area is 84.0 Å². The van der Waals surface area contributed by atoms with E-state index in [1.54, 1.807) is 0 Å². The van der Waals surface area contributed by atoms with Crippen LogP contribution >= 0.6 is 0 Å². The first kappa shape index (κ1) is 12.2. The zero-order chi connectivity index (χ0) is 11.9. The van der Waals surface area contributed by atoms with Crippen LogP contribution in [0.25, 0.3) is 0 Å². The standard InChI is InChI=1S/C7H8F3NO3S/c8-7(9,10)6(15(12,13)14)4-2-1-3-5(6)11/h1-5H,11H2,(H,12,13,14). The van der Waals surface area contributed by atoms with Gasteiger partial charge in [0, 0.05) is 0 Å². The molecule has 0 aromatic carbocycles. The smallest absolute Gasteiger partial charge is 0.322 e. The zero-order valence-corrected chi connectivity index (χ0v) is 8.09. The number of nitrogens with two attached hydrogens (primary N) is 1. The summed E-state index contributed by atoms with van der Waals surface area (Å²) in [7, 11) is -5.38. The average Bonchev–Trinajstić information content (AvgIpc) is 2.00. The predicted octanol–water partition coefficient (Wildman–Crippen LogP) is 0.629. The molecule has 2 atom stereocenters. The number of allylic oxidation sites excluding steroid dienone is 2. The SMILES string of the molecule is NC1C=CC=CC1(C(F)(F)F)S(=O)(=O)O. The van der Waals surface area contributed by atoms with Crippen molar-refractivity contribution in [2.45, 2.75) is 17.0 Å². The van der Waals surface area contributed by atoms with E-state index >= 15 is 0 Å². The lowest BCUT2D eigenvalue weighted by atomic mass is 9.94. The van der Waals surface area contributed by atoms with E-state index in [4.69, 9.17) is 10.3 Å². The van der Waals surface area contributed by atoms with Gasteiger partial charge in [-0.15, -0.1) is 0 Å². The van der Waals surface area contributed by atoms with Crippen LogP contribution in [-0.4, -0.2) is 29.9 Å². The lowest BCUT2D eigenvalue weighted by Gasteiger charge is -2.34. The molecule has 1 rings (SSSR count). The molecule has 0 saturated carbocycles. The van der Waals surface area contributed by atoms with Crippen LogP contribution in [-0.2, 0) is 10.1 Å². The molecule has 0 bridgehead atoms. The Morgan fingerprint density at radius 1 is 1.33 bits per heavy atom. The van der Waals surface area contributed by atoms with Gasteiger partial charge in [0.2, 0.25) is 4.75 Å². The monoisotopic (exact) mass is 243 g/mol. The summed E-state index contributed by atoms with van der Waals surface area (Å²) in [5.41, 5.74) is 5.09. The van der Waals surface area contributed by atoms with Crippen molar-refractivity contribution in [3.05, 3.63) is 24.3 Å². The Bertz CT molecular complexity index is 412. The molecule has 8 heteroatoms. The molecule has 0 saturated heterocycles. The van der Waals surface area contributed by atoms with Gasteiger partial charge < -0.3 is 5.73 Å². The largest absolute Gasteiger partial charge is 0.415 e. The van der Waals surface area contributed by atoms with E-state index in [-0.39, 0.29) is 0 Å². The zero-order valence-electron chi connectivity index (χ0n) is 7.27. The van der Waals surface area contributed by atoms with E-state index in [2.05, 4.69) is 0 Å². The molecule has 0 heterocycles. The van der Waals surface area contributed by atoms with Crippen LogP contribution in [0.4, 0.5) is 13.2 Å². The number of alkyl halides is 3. The van der Waals surface area contributed by atoms with Crippen molar-refractivity contribution in [2.75, 3.05) is 0 Å². The first-order valence-electron chi connectivity index (χ1n) is 3.78. The fourth-order valence-electron chi connectivity index (χ4n) is 1.32. The predicted molar refractivity (Wildman–Crippen MR) is 46.6 cm³/mol. The van der Waals surface area contributed by atoms with Crippen LogP contribution in [0.1, 0.15) is 0 Å². The van der Waals surface area contributed by atoms with Crippen molar-refractivity contribution in [1.29, 1.82) is 0 Å². The Morgan fingerprint density at radius 3 is 2.13 bits per heavy atom. The molecule has 3 N–H and O–H groups in total. The summed E-state index contributed by atoms with van der Waals surface area (Å²) in [5, 5.41) is 0. The second-order valence-electron chi connectivity index (χ2n) is 3.04. The average molecular weight is 243 g/mol. The van der Waals surface area contributed by atoms with E-state index in [0.717, 1.165) is 12.2 Å². The quantitative estimate of drug-likeness (QED) is 0.662. The molecule has 1 aliphatic carbocycles. The summed E-state index contributed by atoms with van der Waals surface area (Å²) < 4.78 is 64.8. The molecule has 86 valence electrons. The van der Waals surface area contributed by atoms with Gasteiger partial charge in [-0.25, -0.2) is 0 Å². The number of rotatable bonds is 1. The van der Waals surface area contributed by atoms with Crippen molar-refractivity contribution < 1.29 is 26.1 Å². The van der Waals surface area contributed by atoms with Gasteiger partial charge in [-0.3, -0.25) is 4.55 Å².